The average molecular weight is 264 g/mol. The Bertz CT molecular complexity index is 461. The minimum atomic E-state index is -0.0442. The molecule has 1 saturated heterocycles. The quantitative estimate of drug-likeness (QED) is 0.885. The Morgan fingerprint density at radius 3 is 2.68 bits per heavy atom. The Morgan fingerprint density at radius 2 is 2.11 bits per heavy atom. The predicted molar refractivity (Wildman–Crippen MR) is 77.7 cm³/mol. The van der Waals surface area contributed by atoms with E-state index in [1.165, 1.54) is 12.8 Å². The highest BCUT2D eigenvalue weighted by atomic mass is 16.1. The third-order valence-electron chi connectivity index (χ3n) is 3.67. The highest BCUT2D eigenvalue weighted by Crippen LogP contribution is 2.21. The molecular formula is C14H24N4O. The lowest BCUT2D eigenvalue weighted by atomic mass is 9.96. The highest BCUT2D eigenvalue weighted by molar-refractivity contribution is 5.37. The van der Waals surface area contributed by atoms with Crippen LogP contribution in [0.5, 0.6) is 0 Å². The number of aryl methyl sites for hydroxylation is 1. The summed E-state index contributed by atoms with van der Waals surface area (Å²) < 4.78 is 0. The van der Waals surface area contributed by atoms with Crippen LogP contribution in [0.1, 0.15) is 25.6 Å². The maximum atomic E-state index is 11.6. The molecule has 0 aromatic carbocycles. The summed E-state index contributed by atoms with van der Waals surface area (Å²) in [6, 6.07) is 1.62. The number of anilines is 1. The van der Waals surface area contributed by atoms with Gasteiger partial charge in [-0.25, -0.2) is 4.98 Å². The molecule has 0 bridgehead atoms. The first kappa shape index (κ1) is 14.1. The molecule has 1 aliphatic heterocycles. The maximum Gasteiger partial charge on any atom is 0.252 e. The molecule has 0 saturated carbocycles. The number of nitrogens with one attached hydrogen (secondary N) is 1. The summed E-state index contributed by atoms with van der Waals surface area (Å²) in [5.41, 5.74) is -0.0442. The van der Waals surface area contributed by atoms with E-state index in [-0.39, 0.29) is 5.56 Å². The molecule has 1 aromatic rings. The number of hydrogen-bond donors (Lipinski definition) is 1. The standard InChI is InChI=1S/C14H24N4O/c1-4-12-15-13(9-14(19)16-12)18-7-5-11(6-8-18)10-17(2)3/h9,11H,4-8,10H2,1-3H3,(H,15,16,19). The molecule has 0 aliphatic carbocycles. The number of aromatic nitrogens is 2. The van der Waals surface area contributed by atoms with Gasteiger partial charge in [-0.1, -0.05) is 6.92 Å². The molecular weight excluding hydrogens is 240 g/mol. The van der Waals surface area contributed by atoms with Crippen molar-refractivity contribution in [2.45, 2.75) is 26.2 Å². The average Bonchev–Trinajstić information content (AvgIpc) is 2.38. The minimum absolute atomic E-state index is 0.0442. The molecule has 2 rings (SSSR count). The van der Waals surface area contributed by atoms with Gasteiger partial charge in [-0.15, -0.1) is 0 Å². The van der Waals surface area contributed by atoms with E-state index in [4.69, 9.17) is 0 Å². The molecule has 5 heteroatoms. The monoisotopic (exact) mass is 264 g/mol. The van der Waals surface area contributed by atoms with Gasteiger partial charge in [-0.2, -0.15) is 0 Å². The van der Waals surface area contributed by atoms with Crippen LogP contribution < -0.4 is 10.5 Å². The van der Waals surface area contributed by atoms with E-state index in [1.807, 2.05) is 6.92 Å². The molecule has 1 fully saturated rings. The van der Waals surface area contributed by atoms with Crippen LogP contribution in [0.15, 0.2) is 10.9 Å². The van der Waals surface area contributed by atoms with Gasteiger partial charge in [-0.3, -0.25) is 4.79 Å². The zero-order valence-corrected chi connectivity index (χ0v) is 12.1. The molecule has 1 N–H and O–H groups in total. The molecule has 2 heterocycles. The maximum absolute atomic E-state index is 11.6. The van der Waals surface area contributed by atoms with Crippen LogP contribution >= 0.6 is 0 Å². The molecule has 1 aromatic heterocycles. The molecule has 106 valence electrons. The van der Waals surface area contributed by atoms with Gasteiger partial charge < -0.3 is 14.8 Å². The second kappa shape index (κ2) is 6.19. The summed E-state index contributed by atoms with van der Waals surface area (Å²) in [5.74, 6) is 2.38. The Kier molecular flexibility index (Phi) is 4.58. The van der Waals surface area contributed by atoms with E-state index in [0.29, 0.717) is 0 Å². The van der Waals surface area contributed by atoms with Crippen molar-refractivity contribution in [3.05, 3.63) is 22.2 Å². The van der Waals surface area contributed by atoms with Crippen molar-refractivity contribution in [1.29, 1.82) is 0 Å². The fourth-order valence-electron chi connectivity index (χ4n) is 2.68. The van der Waals surface area contributed by atoms with Crippen molar-refractivity contribution >= 4 is 5.82 Å². The van der Waals surface area contributed by atoms with Gasteiger partial charge in [0.05, 0.1) is 0 Å². The lowest BCUT2D eigenvalue weighted by molar-refractivity contribution is 0.284. The van der Waals surface area contributed by atoms with Crippen molar-refractivity contribution in [2.24, 2.45) is 5.92 Å². The largest absolute Gasteiger partial charge is 0.356 e. The van der Waals surface area contributed by atoms with E-state index in [1.54, 1.807) is 6.07 Å². The highest BCUT2D eigenvalue weighted by Gasteiger charge is 2.21. The van der Waals surface area contributed by atoms with Crippen LogP contribution in [0, 0.1) is 5.92 Å². The van der Waals surface area contributed by atoms with E-state index in [0.717, 1.165) is 43.6 Å². The van der Waals surface area contributed by atoms with Crippen LogP contribution in [-0.2, 0) is 6.42 Å². The van der Waals surface area contributed by atoms with Gasteiger partial charge in [0, 0.05) is 32.1 Å². The molecule has 0 amide bonds. The first-order valence-electron chi connectivity index (χ1n) is 7.08. The molecule has 0 radical (unpaired) electrons. The molecule has 0 atom stereocenters. The third-order valence-corrected chi connectivity index (χ3v) is 3.67. The second-order valence-electron chi connectivity index (χ2n) is 5.60. The van der Waals surface area contributed by atoms with Gasteiger partial charge >= 0.3 is 0 Å². The van der Waals surface area contributed by atoms with Crippen molar-refractivity contribution < 1.29 is 0 Å². The fraction of sp³-hybridized carbons (Fsp3) is 0.714. The van der Waals surface area contributed by atoms with Crippen molar-refractivity contribution in [1.82, 2.24) is 14.9 Å². The molecule has 5 nitrogen and oxygen atoms in total. The summed E-state index contributed by atoms with van der Waals surface area (Å²) in [6.45, 7) is 5.15. The van der Waals surface area contributed by atoms with Gasteiger partial charge in [-0.05, 0) is 32.9 Å². The normalized spacial score (nSPS) is 17.2. The van der Waals surface area contributed by atoms with Crippen LogP contribution in [0.25, 0.3) is 0 Å². The Labute approximate surface area is 114 Å². The summed E-state index contributed by atoms with van der Waals surface area (Å²) in [7, 11) is 4.25. The minimum Gasteiger partial charge on any atom is -0.356 e. The second-order valence-corrected chi connectivity index (χ2v) is 5.60. The number of aromatic amines is 1. The molecule has 19 heavy (non-hydrogen) atoms. The predicted octanol–water partition coefficient (Wildman–Crippen LogP) is 1.11. The van der Waals surface area contributed by atoms with E-state index in [2.05, 4.69) is 33.9 Å². The summed E-state index contributed by atoms with van der Waals surface area (Å²) in [5, 5.41) is 0. The number of hydrogen-bond acceptors (Lipinski definition) is 4. The topological polar surface area (TPSA) is 52.2 Å². The number of H-pyrrole nitrogens is 1. The van der Waals surface area contributed by atoms with E-state index < -0.39 is 0 Å². The first-order chi connectivity index (χ1) is 9.08. The summed E-state index contributed by atoms with van der Waals surface area (Å²) in [6.07, 6.45) is 3.11. The fourth-order valence-corrected chi connectivity index (χ4v) is 2.68. The zero-order valence-electron chi connectivity index (χ0n) is 12.1. The van der Waals surface area contributed by atoms with Crippen LogP contribution in [0.4, 0.5) is 5.82 Å². The lowest BCUT2D eigenvalue weighted by Gasteiger charge is -2.33. The van der Waals surface area contributed by atoms with E-state index >= 15 is 0 Å². The lowest BCUT2D eigenvalue weighted by Crippen LogP contribution is -2.38. The van der Waals surface area contributed by atoms with Crippen molar-refractivity contribution in [2.75, 3.05) is 38.6 Å². The van der Waals surface area contributed by atoms with Gasteiger partial charge in [0.15, 0.2) is 0 Å². The van der Waals surface area contributed by atoms with Crippen molar-refractivity contribution in [3.8, 4) is 0 Å². The summed E-state index contributed by atoms with van der Waals surface area (Å²) in [4.78, 5) is 23.4. The van der Waals surface area contributed by atoms with Crippen LogP contribution in [0.2, 0.25) is 0 Å². The smallest absolute Gasteiger partial charge is 0.252 e. The number of nitrogens with zero attached hydrogens (tertiary/aromatic N) is 3. The van der Waals surface area contributed by atoms with E-state index in [9.17, 15) is 4.79 Å². The van der Waals surface area contributed by atoms with Gasteiger partial charge in [0.2, 0.25) is 0 Å². The molecule has 0 spiro atoms. The number of piperidine rings is 1. The zero-order chi connectivity index (χ0) is 13.8. The third kappa shape index (κ3) is 3.80. The first-order valence-corrected chi connectivity index (χ1v) is 7.08. The van der Waals surface area contributed by atoms with Crippen molar-refractivity contribution in [3.63, 3.8) is 0 Å². The van der Waals surface area contributed by atoms with Gasteiger partial charge in [0.1, 0.15) is 11.6 Å². The number of rotatable bonds is 4. The van der Waals surface area contributed by atoms with Gasteiger partial charge in [0.25, 0.3) is 5.56 Å². The SMILES string of the molecule is CCc1nc(N2CCC(CN(C)C)CC2)cc(=O)[nH]1. The summed E-state index contributed by atoms with van der Waals surface area (Å²) >= 11 is 0. The Balaban J connectivity index is 2.01. The van der Waals surface area contributed by atoms with Crippen LogP contribution in [-0.4, -0.2) is 48.6 Å². The molecule has 0 unspecified atom stereocenters. The van der Waals surface area contributed by atoms with Crippen LogP contribution in [0.3, 0.4) is 0 Å². The Morgan fingerprint density at radius 1 is 1.42 bits per heavy atom. The Hall–Kier alpha value is -1.36. The molecule has 1 aliphatic rings.